The van der Waals surface area contributed by atoms with E-state index in [1.54, 1.807) is 0 Å². The second kappa shape index (κ2) is 13.7. The van der Waals surface area contributed by atoms with Crippen LogP contribution in [0, 0.1) is 5.92 Å². The number of benzene rings is 2. The molecule has 2 aromatic carbocycles. The summed E-state index contributed by atoms with van der Waals surface area (Å²) in [6.07, 6.45) is 1.64. The van der Waals surface area contributed by atoms with Crippen molar-refractivity contribution in [2.75, 3.05) is 39.9 Å². The van der Waals surface area contributed by atoms with Gasteiger partial charge in [-0.25, -0.2) is 9.59 Å². The Hall–Kier alpha value is -3.10. The molecule has 2 aromatic rings. The van der Waals surface area contributed by atoms with E-state index in [0.29, 0.717) is 43.3 Å². The molecule has 2 aliphatic heterocycles. The van der Waals surface area contributed by atoms with Gasteiger partial charge in [-0.2, -0.15) is 0 Å². The average molecular weight is 566 g/mol. The minimum absolute atomic E-state index is 0.218. The summed E-state index contributed by atoms with van der Waals surface area (Å²) < 4.78 is 16.4. The van der Waals surface area contributed by atoms with E-state index < -0.39 is 5.60 Å². The van der Waals surface area contributed by atoms with Crippen LogP contribution >= 0.6 is 0 Å². The van der Waals surface area contributed by atoms with Crippen LogP contribution in [0.25, 0.3) is 0 Å². The van der Waals surface area contributed by atoms with Crippen molar-refractivity contribution < 1.29 is 23.8 Å². The summed E-state index contributed by atoms with van der Waals surface area (Å²) in [6, 6.07) is 17.1. The molecule has 2 aliphatic rings. The van der Waals surface area contributed by atoms with Crippen molar-refractivity contribution in [3.05, 3.63) is 65.2 Å². The molecule has 0 bridgehead atoms. The zero-order valence-electron chi connectivity index (χ0n) is 25.6. The second-order valence-corrected chi connectivity index (χ2v) is 12.6. The number of piperazine rings is 1. The van der Waals surface area contributed by atoms with E-state index in [0.717, 1.165) is 44.8 Å². The minimum atomic E-state index is -0.462. The van der Waals surface area contributed by atoms with Gasteiger partial charge in [0.15, 0.2) is 0 Å². The molecule has 1 amide bonds. The monoisotopic (exact) mass is 565 g/mol. The van der Waals surface area contributed by atoms with Gasteiger partial charge in [0.1, 0.15) is 11.4 Å². The third-order valence-electron chi connectivity index (χ3n) is 8.00. The molecule has 0 aromatic heterocycles. The minimum Gasteiger partial charge on any atom is -0.493 e. The lowest BCUT2D eigenvalue weighted by Gasteiger charge is -2.44. The Balaban J connectivity index is 1.20. The zero-order valence-corrected chi connectivity index (χ0v) is 25.6. The summed E-state index contributed by atoms with van der Waals surface area (Å²) >= 11 is 0. The maximum Gasteiger partial charge on any atom is 0.410 e. The predicted octanol–water partition coefficient (Wildman–Crippen LogP) is 5.59. The number of likely N-dealkylation sites (tertiary alicyclic amines) is 1. The van der Waals surface area contributed by atoms with Crippen LogP contribution in [0.1, 0.15) is 68.9 Å². The molecule has 0 saturated carbocycles. The summed E-state index contributed by atoms with van der Waals surface area (Å²) in [5, 5.41) is 0. The zero-order chi connectivity index (χ0) is 29.6. The lowest BCUT2D eigenvalue weighted by molar-refractivity contribution is 0.0164. The Morgan fingerprint density at radius 3 is 1.98 bits per heavy atom. The fourth-order valence-corrected chi connectivity index (χ4v) is 5.75. The number of hydrogen-bond donors (Lipinski definition) is 0. The first-order valence-electron chi connectivity index (χ1n) is 14.9. The molecule has 0 unspecified atom stereocenters. The molecule has 2 heterocycles. The molecule has 0 spiro atoms. The van der Waals surface area contributed by atoms with Crippen LogP contribution in [-0.2, 0) is 22.6 Å². The third-order valence-corrected chi connectivity index (χ3v) is 8.00. The predicted molar refractivity (Wildman–Crippen MR) is 160 cm³/mol. The van der Waals surface area contributed by atoms with Crippen molar-refractivity contribution in [3.8, 4) is 5.75 Å². The average Bonchev–Trinajstić information content (AvgIpc) is 2.94. The van der Waals surface area contributed by atoms with Gasteiger partial charge in [0, 0.05) is 51.4 Å². The Kier molecular flexibility index (Phi) is 10.3. The first-order valence-corrected chi connectivity index (χ1v) is 14.9. The lowest BCUT2D eigenvalue weighted by Crippen LogP contribution is -2.55. The number of carbonyl (C=O) groups excluding carboxylic acids is 2. The van der Waals surface area contributed by atoms with E-state index in [9.17, 15) is 9.59 Å². The van der Waals surface area contributed by atoms with Gasteiger partial charge in [0.25, 0.3) is 0 Å². The Bertz CT molecular complexity index is 1120. The molecule has 4 rings (SSSR count). The van der Waals surface area contributed by atoms with Crippen LogP contribution in [0.5, 0.6) is 5.75 Å². The number of nitrogens with zero attached hydrogens (tertiary/aromatic N) is 3. The van der Waals surface area contributed by atoms with E-state index in [-0.39, 0.29) is 12.1 Å². The highest BCUT2D eigenvalue weighted by Gasteiger charge is 2.30. The molecular formula is C33H47N3O5. The van der Waals surface area contributed by atoms with Gasteiger partial charge in [0.2, 0.25) is 0 Å². The highest BCUT2D eigenvalue weighted by molar-refractivity contribution is 5.89. The number of methoxy groups -OCH3 is 1. The molecule has 0 radical (unpaired) electrons. The van der Waals surface area contributed by atoms with Gasteiger partial charge in [-0.05, 0) is 88.8 Å². The summed E-state index contributed by atoms with van der Waals surface area (Å²) in [5.74, 6) is 1.04. The summed E-state index contributed by atoms with van der Waals surface area (Å²) in [5.41, 5.74) is 2.61. The van der Waals surface area contributed by atoms with Crippen molar-refractivity contribution in [2.45, 2.75) is 78.2 Å². The molecule has 2 saturated heterocycles. The summed E-state index contributed by atoms with van der Waals surface area (Å²) in [7, 11) is 1.41. The van der Waals surface area contributed by atoms with Crippen molar-refractivity contribution in [1.82, 2.24) is 14.7 Å². The molecular weight excluding hydrogens is 518 g/mol. The van der Waals surface area contributed by atoms with E-state index in [1.807, 2.05) is 49.9 Å². The highest BCUT2D eigenvalue weighted by Crippen LogP contribution is 2.24. The summed E-state index contributed by atoms with van der Waals surface area (Å²) in [6.45, 7) is 16.2. The number of amides is 1. The van der Waals surface area contributed by atoms with Gasteiger partial charge in [-0.15, -0.1) is 0 Å². The molecule has 8 nitrogen and oxygen atoms in total. The van der Waals surface area contributed by atoms with Crippen molar-refractivity contribution in [1.29, 1.82) is 0 Å². The Morgan fingerprint density at radius 1 is 0.854 bits per heavy atom. The van der Waals surface area contributed by atoms with Crippen LogP contribution in [0.15, 0.2) is 48.5 Å². The molecule has 8 heteroatoms. The van der Waals surface area contributed by atoms with Gasteiger partial charge < -0.3 is 19.1 Å². The molecule has 2 atom stereocenters. The smallest absolute Gasteiger partial charge is 0.410 e. The standard InChI is InChI=1S/C33H47N3O5/c1-24-19-34(21-26-7-11-29(12-8-26)31(37)39-6)20-25(2)36(24)22-27-9-13-30(14-10-27)40-23-28-15-17-35(18-16-28)32(38)41-33(3,4)5/h7-14,24-25,28H,15-23H2,1-6H3/t24-,25+. The molecule has 0 aliphatic carbocycles. The van der Waals surface area contributed by atoms with Gasteiger partial charge in [-0.3, -0.25) is 9.80 Å². The van der Waals surface area contributed by atoms with Gasteiger partial charge in [-0.1, -0.05) is 24.3 Å². The first-order chi connectivity index (χ1) is 19.5. The van der Waals surface area contributed by atoms with E-state index in [1.165, 1.54) is 18.2 Å². The van der Waals surface area contributed by atoms with Crippen molar-refractivity contribution >= 4 is 12.1 Å². The van der Waals surface area contributed by atoms with Crippen LogP contribution in [0.2, 0.25) is 0 Å². The maximum atomic E-state index is 12.3. The normalized spacial score (nSPS) is 21.0. The fourth-order valence-electron chi connectivity index (χ4n) is 5.75. The lowest BCUT2D eigenvalue weighted by atomic mass is 9.98. The highest BCUT2D eigenvalue weighted by atomic mass is 16.6. The second-order valence-electron chi connectivity index (χ2n) is 12.6. The summed E-state index contributed by atoms with van der Waals surface area (Å²) in [4.78, 5) is 30.9. The Morgan fingerprint density at radius 2 is 1.41 bits per heavy atom. The van der Waals surface area contributed by atoms with E-state index in [2.05, 4.69) is 47.9 Å². The Labute approximate surface area is 245 Å². The maximum absolute atomic E-state index is 12.3. The van der Waals surface area contributed by atoms with Crippen LogP contribution in [-0.4, -0.2) is 84.3 Å². The topological polar surface area (TPSA) is 71.6 Å². The van der Waals surface area contributed by atoms with Crippen molar-refractivity contribution in [2.24, 2.45) is 5.92 Å². The van der Waals surface area contributed by atoms with Crippen LogP contribution in [0.4, 0.5) is 4.79 Å². The quantitative estimate of drug-likeness (QED) is 0.386. The van der Waals surface area contributed by atoms with Crippen LogP contribution in [0.3, 0.4) is 0 Å². The molecule has 224 valence electrons. The fraction of sp³-hybridized carbons (Fsp3) is 0.576. The van der Waals surface area contributed by atoms with Crippen LogP contribution < -0.4 is 4.74 Å². The van der Waals surface area contributed by atoms with Gasteiger partial charge in [0.05, 0.1) is 19.3 Å². The largest absolute Gasteiger partial charge is 0.493 e. The number of hydrogen-bond acceptors (Lipinski definition) is 7. The number of piperidine rings is 1. The number of esters is 1. The van der Waals surface area contributed by atoms with Crippen molar-refractivity contribution in [3.63, 3.8) is 0 Å². The molecule has 41 heavy (non-hydrogen) atoms. The molecule has 2 fully saturated rings. The van der Waals surface area contributed by atoms with Gasteiger partial charge >= 0.3 is 12.1 Å². The third kappa shape index (κ3) is 8.94. The number of carbonyl (C=O) groups is 2. The van der Waals surface area contributed by atoms with E-state index >= 15 is 0 Å². The van der Waals surface area contributed by atoms with E-state index in [4.69, 9.17) is 14.2 Å². The SMILES string of the molecule is COC(=O)c1ccc(CN2C[C@@H](C)N(Cc3ccc(OCC4CCN(C(=O)OC(C)(C)C)CC4)cc3)[C@@H](C)C2)cc1. The first kappa shape index (κ1) is 30.8. The number of ether oxygens (including phenoxy) is 3. The molecule has 0 N–H and O–H groups in total. The number of rotatable bonds is 8.